The summed E-state index contributed by atoms with van der Waals surface area (Å²) in [7, 11) is -3.34. The van der Waals surface area contributed by atoms with Crippen LogP contribution in [-0.4, -0.2) is 36.7 Å². The molecule has 1 aliphatic rings. The second kappa shape index (κ2) is 8.20. The molecule has 1 fully saturated rings. The number of carboxylic acids is 1. The summed E-state index contributed by atoms with van der Waals surface area (Å²) in [4.78, 5) is 24.4. The van der Waals surface area contributed by atoms with E-state index in [1.165, 1.54) is 12.1 Å². The van der Waals surface area contributed by atoms with Gasteiger partial charge in [-0.3, -0.25) is 4.79 Å². The van der Waals surface area contributed by atoms with E-state index in [0.29, 0.717) is 24.3 Å². The third-order valence-corrected chi connectivity index (χ3v) is 7.06. The van der Waals surface area contributed by atoms with Crippen LogP contribution in [0.4, 0.5) is 0 Å². The van der Waals surface area contributed by atoms with Gasteiger partial charge in [-0.25, -0.2) is 13.2 Å². The molecule has 144 valence electrons. The first-order valence-corrected chi connectivity index (χ1v) is 10.7. The van der Waals surface area contributed by atoms with Crippen molar-refractivity contribution in [2.24, 2.45) is 5.92 Å². The molecule has 1 aromatic carbocycles. The molecule has 0 unspecified atom stereocenters. The largest absolute Gasteiger partial charge is 0.480 e. The Bertz CT molecular complexity index is 764. The third kappa shape index (κ3) is 4.63. The van der Waals surface area contributed by atoms with E-state index in [9.17, 15) is 23.1 Å². The van der Waals surface area contributed by atoms with Crippen molar-refractivity contribution in [1.82, 2.24) is 5.32 Å². The summed E-state index contributed by atoms with van der Waals surface area (Å²) in [6.45, 7) is 3.66. The molecule has 0 atom stereocenters. The highest BCUT2D eigenvalue weighted by atomic mass is 32.2. The van der Waals surface area contributed by atoms with E-state index in [1.54, 1.807) is 19.1 Å². The Morgan fingerprint density at radius 2 is 1.88 bits per heavy atom. The number of hydrogen-bond donors (Lipinski definition) is 2. The van der Waals surface area contributed by atoms with E-state index in [0.717, 1.165) is 19.3 Å². The van der Waals surface area contributed by atoms with Crippen LogP contribution in [0.5, 0.6) is 0 Å². The molecule has 1 aromatic rings. The Labute approximate surface area is 154 Å². The summed E-state index contributed by atoms with van der Waals surface area (Å²) in [5, 5.41) is 12.4. The summed E-state index contributed by atoms with van der Waals surface area (Å²) in [5.41, 5.74) is -0.657. The third-order valence-electron chi connectivity index (χ3n) is 5.33. The number of carboxylic acid groups (broad SMARTS) is 1. The first kappa shape index (κ1) is 20.4. The first-order chi connectivity index (χ1) is 12.2. The monoisotopic (exact) mass is 381 g/mol. The van der Waals surface area contributed by atoms with Crippen LogP contribution >= 0.6 is 0 Å². The van der Waals surface area contributed by atoms with Crippen molar-refractivity contribution in [3.05, 3.63) is 29.8 Å². The standard InChI is InChI=1S/C19H27NO5S/c1-3-14-8-10-19(11-9-14,18(22)23)20-17(21)13-15-6-5-7-16(12-15)26(24,25)4-2/h5-7,12,14H,3-4,8-11,13H2,1-2H3,(H,20,21)(H,22,23). The molecule has 0 aromatic heterocycles. The fourth-order valence-electron chi connectivity index (χ4n) is 3.48. The lowest BCUT2D eigenvalue weighted by Gasteiger charge is -2.37. The molecular formula is C19H27NO5S. The van der Waals surface area contributed by atoms with Crippen molar-refractivity contribution < 1.29 is 23.1 Å². The SMILES string of the molecule is CCC1CCC(NC(=O)Cc2cccc(S(=O)(=O)CC)c2)(C(=O)O)CC1. The number of amides is 1. The molecule has 0 saturated heterocycles. The van der Waals surface area contributed by atoms with E-state index in [4.69, 9.17) is 0 Å². The van der Waals surface area contributed by atoms with Crippen LogP contribution in [0.3, 0.4) is 0 Å². The van der Waals surface area contributed by atoms with Crippen molar-refractivity contribution in [1.29, 1.82) is 0 Å². The molecule has 1 aliphatic carbocycles. The van der Waals surface area contributed by atoms with Gasteiger partial charge in [-0.15, -0.1) is 0 Å². The van der Waals surface area contributed by atoms with Crippen LogP contribution < -0.4 is 5.32 Å². The normalized spacial score (nSPS) is 23.4. The number of aliphatic carboxylic acids is 1. The van der Waals surface area contributed by atoms with Gasteiger partial charge in [0.15, 0.2) is 9.84 Å². The topological polar surface area (TPSA) is 101 Å². The lowest BCUT2D eigenvalue weighted by atomic mass is 9.75. The number of nitrogens with one attached hydrogen (secondary N) is 1. The predicted molar refractivity (Wildman–Crippen MR) is 98.6 cm³/mol. The average molecular weight is 381 g/mol. The van der Waals surface area contributed by atoms with E-state index < -0.39 is 27.3 Å². The zero-order valence-electron chi connectivity index (χ0n) is 15.3. The molecule has 0 spiro atoms. The molecule has 6 nitrogen and oxygen atoms in total. The maximum absolute atomic E-state index is 12.4. The Morgan fingerprint density at radius 3 is 2.42 bits per heavy atom. The van der Waals surface area contributed by atoms with E-state index in [2.05, 4.69) is 12.2 Å². The fraction of sp³-hybridized carbons (Fsp3) is 0.579. The number of benzene rings is 1. The molecule has 0 heterocycles. The van der Waals surface area contributed by atoms with Gasteiger partial charge in [0, 0.05) is 0 Å². The van der Waals surface area contributed by atoms with Gasteiger partial charge in [0.2, 0.25) is 5.91 Å². The smallest absolute Gasteiger partial charge is 0.329 e. The highest BCUT2D eigenvalue weighted by Gasteiger charge is 2.42. The van der Waals surface area contributed by atoms with Gasteiger partial charge < -0.3 is 10.4 Å². The summed E-state index contributed by atoms with van der Waals surface area (Å²) in [6.07, 6.45) is 3.40. The van der Waals surface area contributed by atoms with Gasteiger partial charge in [0.1, 0.15) is 5.54 Å². The highest BCUT2D eigenvalue weighted by molar-refractivity contribution is 7.91. The van der Waals surface area contributed by atoms with Crippen molar-refractivity contribution in [3.63, 3.8) is 0 Å². The number of carbonyl (C=O) groups is 2. The molecule has 0 bridgehead atoms. The Kier molecular flexibility index (Phi) is 6.44. The van der Waals surface area contributed by atoms with Crippen LogP contribution in [-0.2, 0) is 25.8 Å². The minimum Gasteiger partial charge on any atom is -0.480 e. The molecule has 26 heavy (non-hydrogen) atoms. The summed E-state index contributed by atoms with van der Waals surface area (Å²) < 4.78 is 24.0. The molecule has 2 rings (SSSR count). The van der Waals surface area contributed by atoms with E-state index in [-0.39, 0.29) is 17.1 Å². The zero-order chi connectivity index (χ0) is 19.4. The maximum Gasteiger partial charge on any atom is 0.329 e. The van der Waals surface area contributed by atoms with Crippen molar-refractivity contribution in [2.75, 3.05) is 5.75 Å². The highest BCUT2D eigenvalue weighted by Crippen LogP contribution is 2.34. The predicted octanol–water partition coefficient (Wildman–Crippen LogP) is 2.56. The van der Waals surface area contributed by atoms with Crippen LogP contribution in [0.25, 0.3) is 0 Å². The van der Waals surface area contributed by atoms with Crippen molar-refractivity contribution in [3.8, 4) is 0 Å². The van der Waals surface area contributed by atoms with E-state index in [1.807, 2.05) is 0 Å². The quantitative estimate of drug-likeness (QED) is 0.756. The molecule has 1 saturated carbocycles. The number of carbonyl (C=O) groups excluding carboxylic acids is 1. The van der Waals surface area contributed by atoms with Gasteiger partial charge in [0.25, 0.3) is 0 Å². The first-order valence-electron chi connectivity index (χ1n) is 9.08. The number of rotatable bonds is 7. The Hall–Kier alpha value is -1.89. The molecular weight excluding hydrogens is 354 g/mol. The number of sulfone groups is 1. The van der Waals surface area contributed by atoms with E-state index >= 15 is 0 Å². The second-order valence-electron chi connectivity index (χ2n) is 7.01. The van der Waals surface area contributed by atoms with Gasteiger partial charge in [-0.05, 0) is 49.3 Å². The summed E-state index contributed by atoms with van der Waals surface area (Å²) >= 11 is 0. The summed E-state index contributed by atoms with van der Waals surface area (Å²) in [5.74, 6) is -0.893. The van der Waals surface area contributed by atoms with Gasteiger partial charge in [-0.2, -0.15) is 0 Å². The van der Waals surface area contributed by atoms with Gasteiger partial charge >= 0.3 is 5.97 Å². The minimum atomic E-state index is -3.34. The lowest BCUT2D eigenvalue weighted by molar-refractivity contribution is -0.149. The molecule has 7 heteroatoms. The van der Waals surface area contributed by atoms with Crippen molar-refractivity contribution in [2.45, 2.75) is 62.8 Å². The molecule has 0 aliphatic heterocycles. The average Bonchev–Trinajstić information content (AvgIpc) is 2.62. The van der Waals surface area contributed by atoms with Gasteiger partial charge in [0.05, 0.1) is 17.1 Å². The van der Waals surface area contributed by atoms with Crippen molar-refractivity contribution >= 4 is 21.7 Å². The molecule has 0 radical (unpaired) electrons. The fourth-order valence-corrected chi connectivity index (χ4v) is 4.43. The maximum atomic E-state index is 12.4. The van der Waals surface area contributed by atoms with Crippen LogP contribution in [0, 0.1) is 5.92 Å². The Morgan fingerprint density at radius 1 is 1.23 bits per heavy atom. The molecule has 1 amide bonds. The van der Waals surface area contributed by atoms with Crippen LogP contribution in [0.2, 0.25) is 0 Å². The number of hydrogen-bond acceptors (Lipinski definition) is 4. The molecule has 2 N–H and O–H groups in total. The second-order valence-corrected chi connectivity index (χ2v) is 9.29. The Balaban J connectivity index is 2.10. The minimum absolute atomic E-state index is 0.0105. The van der Waals surface area contributed by atoms with Crippen LogP contribution in [0.1, 0.15) is 51.5 Å². The zero-order valence-corrected chi connectivity index (χ0v) is 16.1. The summed E-state index contributed by atoms with van der Waals surface area (Å²) in [6, 6.07) is 6.27. The lowest BCUT2D eigenvalue weighted by Crippen LogP contribution is -2.56. The van der Waals surface area contributed by atoms with Gasteiger partial charge in [-0.1, -0.05) is 32.4 Å². The van der Waals surface area contributed by atoms with Crippen LogP contribution in [0.15, 0.2) is 29.2 Å².